The molecule has 1 aliphatic rings. The Balaban J connectivity index is 2.93. The van der Waals surface area contributed by atoms with Gasteiger partial charge in [0, 0.05) is 11.8 Å². The third-order valence-corrected chi connectivity index (χ3v) is 2.22. The number of aliphatic imine (C=N–C) groups is 3. The Hall–Kier alpha value is -1.77. The molecule has 0 unspecified atom stereocenters. The van der Waals surface area contributed by atoms with Crippen molar-refractivity contribution in [2.24, 2.45) is 15.0 Å². The zero-order chi connectivity index (χ0) is 12.7. The molecule has 3 nitrogen and oxygen atoms in total. The Kier molecular flexibility index (Phi) is 4.76. The van der Waals surface area contributed by atoms with Gasteiger partial charge in [-0.1, -0.05) is 30.4 Å². The Morgan fingerprint density at radius 1 is 1.24 bits per heavy atom. The molecule has 0 atom stereocenters. The van der Waals surface area contributed by atoms with Gasteiger partial charge in [-0.15, -0.1) is 0 Å². The van der Waals surface area contributed by atoms with Crippen LogP contribution < -0.4 is 0 Å². The van der Waals surface area contributed by atoms with Crippen molar-refractivity contribution in [2.75, 3.05) is 0 Å². The van der Waals surface area contributed by atoms with E-state index in [-0.39, 0.29) is 5.54 Å². The molecule has 0 saturated carbocycles. The van der Waals surface area contributed by atoms with Gasteiger partial charge in [-0.05, 0) is 27.7 Å². The molecule has 0 aromatic rings. The summed E-state index contributed by atoms with van der Waals surface area (Å²) in [5, 5.41) is 0. The van der Waals surface area contributed by atoms with Gasteiger partial charge in [-0.3, -0.25) is 4.99 Å². The first-order valence-electron chi connectivity index (χ1n) is 5.72. The van der Waals surface area contributed by atoms with E-state index in [0.29, 0.717) is 5.84 Å². The lowest BCUT2D eigenvalue weighted by atomic mass is 10.1. The average Bonchev–Trinajstić information content (AvgIpc) is 2.46. The first kappa shape index (κ1) is 13.3. The van der Waals surface area contributed by atoms with Crippen LogP contribution in [-0.4, -0.2) is 23.9 Å². The van der Waals surface area contributed by atoms with E-state index in [4.69, 9.17) is 0 Å². The summed E-state index contributed by atoms with van der Waals surface area (Å²) < 4.78 is 0. The highest BCUT2D eigenvalue weighted by molar-refractivity contribution is 6.09. The first-order chi connectivity index (χ1) is 8.09. The summed E-state index contributed by atoms with van der Waals surface area (Å²) in [4.78, 5) is 12.9. The van der Waals surface area contributed by atoms with Gasteiger partial charge in [0.15, 0.2) is 5.84 Å². The average molecular weight is 229 g/mol. The maximum Gasteiger partial charge on any atom is 0.160 e. The third-order valence-electron chi connectivity index (χ3n) is 2.22. The molecule has 1 heterocycles. The van der Waals surface area contributed by atoms with E-state index in [9.17, 15) is 0 Å². The quantitative estimate of drug-likeness (QED) is 0.665. The van der Waals surface area contributed by atoms with Crippen LogP contribution in [0.5, 0.6) is 0 Å². The van der Waals surface area contributed by atoms with E-state index in [0.717, 1.165) is 5.57 Å². The fourth-order valence-corrected chi connectivity index (χ4v) is 1.24. The van der Waals surface area contributed by atoms with E-state index in [1.54, 1.807) is 6.34 Å². The van der Waals surface area contributed by atoms with E-state index < -0.39 is 0 Å². The predicted molar refractivity (Wildman–Crippen MR) is 76.2 cm³/mol. The molecular weight excluding hydrogens is 210 g/mol. The maximum atomic E-state index is 4.38. The van der Waals surface area contributed by atoms with E-state index in [2.05, 4.69) is 15.0 Å². The summed E-state index contributed by atoms with van der Waals surface area (Å²) >= 11 is 0. The van der Waals surface area contributed by atoms with E-state index in [1.807, 2.05) is 64.3 Å². The second-order valence-electron chi connectivity index (χ2n) is 4.24. The van der Waals surface area contributed by atoms with Crippen molar-refractivity contribution in [2.45, 2.75) is 33.2 Å². The normalized spacial score (nSPS) is 20.0. The minimum atomic E-state index is -0.281. The largest absolute Gasteiger partial charge is 0.262 e. The number of rotatable bonds is 3. The smallest absolute Gasteiger partial charge is 0.160 e. The van der Waals surface area contributed by atoms with Crippen LogP contribution in [-0.2, 0) is 0 Å². The highest BCUT2D eigenvalue weighted by Gasteiger charge is 2.14. The zero-order valence-corrected chi connectivity index (χ0v) is 10.9. The van der Waals surface area contributed by atoms with Gasteiger partial charge in [0.2, 0.25) is 0 Å². The topological polar surface area (TPSA) is 37.1 Å². The fraction of sp³-hybridized carbons (Fsp3) is 0.357. The first-order valence-corrected chi connectivity index (χ1v) is 5.72. The molecule has 3 heteroatoms. The molecule has 0 fully saturated rings. The molecule has 0 saturated heterocycles. The van der Waals surface area contributed by atoms with Crippen LogP contribution >= 0.6 is 0 Å². The molecule has 0 aliphatic carbocycles. The molecule has 0 aromatic carbocycles. The summed E-state index contributed by atoms with van der Waals surface area (Å²) in [6, 6.07) is 0. The summed E-state index contributed by atoms with van der Waals surface area (Å²) in [5.41, 5.74) is 0.709. The van der Waals surface area contributed by atoms with Gasteiger partial charge in [0.25, 0.3) is 0 Å². The Labute approximate surface area is 103 Å². The van der Waals surface area contributed by atoms with E-state index in [1.165, 1.54) is 0 Å². The summed E-state index contributed by atoms with van der Waals surface area (Å²) in [5.74, 6) is 0.697. The minimum Gasteiger partial charge on any atom is -0.262 e. The van der Waals surface area contributed by atoms with Crippen LogP contribution in [0.4, 0.5) is 0 Å². The second-order valence-corrected chi connectivity index (χ2v) is 4.24. The molecule has 1 rings (SSSR count). The molecule has 0 N–H and O–H groups in total. The number of allylic oxidation sites excluding steroid dienone is 4. The third kappa shape index (κ3) is 4.31. The van der Waals surface area contributed by atoms with Crippen molar-refractivity contribution in [3.63, 3.8) is 0 Å². The summed E-state index contributed by atoms with van der Waals surface area (Å²) in [6.07, 6.45) is 13.3. The molecule has 0 spiro atoms. The van der Waals surface area contributed by atoms with Crippen molar-refractivity contribution in [3.8, 4) is 0 Å². The van der Waals surface area contributed by atoms with Crippen molar-refractivity contribution < 1.29 is 0 Å². The second kappa shape index (κ2) is 6.09. The van der Waals surface area contributed by atoms with Crippen molar-refractivity contribution >= 4 is 18.4 Å². The molecule has 0 aromatic heterocycles. The van der Waals surface area contributed by atoms with Gasteiger partial charge in [0.1, 0.15) is 6.34 Å². The molecule has 1 aliphatic heterocycles. The lowest BCUT2D eigenvalue weighted by molar-refractivity contribution is 0.722. The molecule has 17 heavy (non-hydrogen) atoms. The van der Waals surface area contributed by atoms with Crippen LogP contribution in [0.1, 0.15) is 27.7 Å². The molecule has 90 valence electrons. The number of hydrogen-bond acceptors (Lipinski definition) is 3. The van der Waals surface area contributed by atoms with Crippen LogP contribution in [0.25, 0.3) is 0 Å². The Morgan fingerprint density at radius 3 is 2.65 bits per heavy atom. The maximum absolute atomic E-state index is 4.38. The standard InChI is InChI=1S/C14H19N3/c1-5-7-8-9-12(6-2)13-15-10-14(3,4)17-11-16-13/h5-11H,1-4H3/b7-5+,9-8-,12-6+. The molecule has 0 amide bonds. The van der Waals surface area contributed by atoms with Crippen molar-refractivity contribution in [3.05, 3.63) is 36.0 Å². The summed E-state index contributed by atoms with van der Waals surface area (Å²) in [7, 11) is 0. The Morgan fingerprint density at radius 2 is 2.00 bits per heavy atom. The van der Waals surface area contributed by atoms with Gasteiger partial charge in [-0.2, -0.15) is 0 Å². The SMILES string of the molecule is C/C=C/C=C\C(=C/C)C1=NC=NC(C)(C)C=N1. The van der Waals surface area contributed by atoms with Crippen LogP contribution in [0.2, 0.25) is 0 Å². The van der Waals surface area contributed by atoms with Gasteiger partial charge in [-0.25, -0.2) is 9.98 Å². The van der Waals surface area contributed by atoms with Gasteiger partial charge in [0.05, 0.1) is 5.54 Å². The van der Waals surface area contributed by atoms with Crippen LogP contribution in [0.15, 0.2) is 50.9 Å². The predicted octanol–water partition coefficient (Wildman–Crippen LogP) is 3.35. The lowest BCUT2D eigenvalue weighted by Crippen LogP contribution is -2.18. The van der Waals surface area contributed by atoms with E-state index >= 15 is 0 Å². The highest BCUT2D eigenvalue weighted by atomic mass is 15.0. The highest BCUT2D eigenvalue weighted by Crippen LogP contribution is 2.10. The zero-order valence-electron chi connectivity index (χ0n) is 10.9. The number of hydrogen-bond donors (Lipinski definition) is 0. The molecule has 0 bridgehead atoms. The fourth-order valence-electron chi connectivity index (χ4n) is 1.24. The van der Waals surface area contributed by atoms with Crippen molar-refractivity contribution in [1.29, 1.82) is 0 Å². The van der Waals surface area contributed by atoms with Gasteiger partial charge >= 0.3 is 0 Å². The number of amidine groups is 1. The minimum absolute atomic E-state index is 0.281. The van der Waals surface area contributed by atoms with Crippen molar-refractivity contribution in [1.82, 2.24) is 0 Å². The molecule has 0 radical (unpaired) electrons. The van der Waals surface area contributed by atoms with Crippen LogP contribution in [0, 0.1) is 0 Å². The van der Waals surface area contributed by atoms with Gasteiger partial charge < -0.3 is 0 Å². The van der Waals surface area contributed by atoms with Crippen LogP contribution in [0.3, 0.4) is 0 Å². The molecular formula is C14H19N3. The monoisotopic (exact) mass is 229 g/mol. The number of nitrogens with zero attached hydrogens (tertiary/aromatic N) is 3. The lowest BCUT2D eigenvalue weighted by Gasteiger charge is -2.09. The summed E-state index contributed by atoms with van der Waals surface area (Å²) in [6.45, 7) is 7.95. The Bertz CT molecular complexity index is 432.